The van der Waals surface area contributed by atoms with Crippen LogP contribution in [0.15, 0.2) is 48.8 Å². The predicted octanol–water partition coefficient (Wildman–Crippen LogP) is 3.49. The lowest BCUT2D eigenvalue weighted by Gasteiger charge is -2.24. The SMILES string of the molecule is NC(=O)[C@@H]1CCCN1C(=O)c1cc(NC(=O)c2ccccc2)cc2ncn(C3CCCC3)c12. The van der Waals surface area contributed by atoms with Crippen LogP contribution in [0, 0.1) is 0 Å². The molecule has 0 unspecified atom stereocenters. The second-order valence-corrected chi connectivity index (χ2v) is 8.86. The highest BCUT2D eigenvalue weighted by molar-refractivity contribution is 6.10. The van der Waals surface area contributed by atoms with Gasteiger partial charge in [0.25, 0.3) is 11.8 Å². The van der Waals surface area contributed by atoms with Gasteiger partial charge >= 0.3 is 0 Å². The van der Waals surface area contributed by atoms with Gasteiger partial charge in [0.15, 0.2) is 0 Å². The van der Waals surface area contributed by atoms with Gasteiger partial charge < -0.3 is 20.5 Å². The van der Waals surface area contributed by atoms with E-state index in [1.807, 2.05) is 6.07 Å². The van der Waals surface area contributed by atoms with Gasteiger partial charge in [-0.25, -0.2) is 4.98 Å². The van der Waals surface area contributed by atoms with E-state index in [0.29, 0.717) is 35.3 Å². The molecular weight excluding hydrogens is 418 g/mol. The highest BCUT2D eigenvalue weighted by Gasteiger charge is 2.35. The molecule has 2 aromatic carbocycles. The van der Waals surface area contributed by atoms with E-state index in [1.54, 1.807) is 47.6 Å². The van der Waals surface area contributed by atoms with Gasteiger partial charge in [-0.05, 0) is 49.9 Å². The second-order valence-electron chi connectivity index (χ2n) is 8.86. The van der Waals surface area contributed by atoms with Crippen LogP contribution < -0.4 is 11.1 Å². The molecule has 3 N–H and O–H groups in total. The first kappa shape index (κ1) is 21.2. The number of hydrogen-bond acceptors (Lipinski definition) is 4. The zero-order valence-electron chi connectivity index (χ0n) is 18.4. The van der Waals surface area contributed by atoms with Crippen LogP contribution in [0.25, 0.3) is 11.0 Å². The van der Waals surface area contributed by atoms with Crippen molar-refractivity contribution in [3.63, 3.8) is 0 Å². The number of fused-ring (bicyclic) bond motifs is 1. The number of amides is 3. The van der Waals surface area contributed by atoms with Crippen LogP contribution >= 0.6 is 0 Å². The summed E-state index contributed by atoms with van der Waals surface area (Å²) < 4.78 is 2.09. The van der Waals surface area contributed by atoms with Crippen molar-refractivity contribution in [3.8, 4) is 0 Å². The van der Waals surface area contributed by atoms with E-state index in [2.05, 4.69) is 14.9 Å². The van der Waals surface area contributed by atoms with Crippen LogP contribution in [0.4, 0.5) is 5.69 Å². The van der Waals surface area contributed by atoms with Gasteiger partial charge in [-0.3, -0.25) is 14.4 Å². The molecule has 1 saturated heterocycles. The third-order valence-electron chi connectivity index (χ3n) is 6.75. The molecule has 1 aliphatic carbocycles. The minimum absolute atomic E-state index is 0.253. The number of carbonyl (C=O) groups is 3. The van der Waals surface area contributed by atoms with Crippen molar-refractivity contribution >= 4 is 34.4 Å². The van der Waals surface area contributed by atoms with E-state index in [4.69, 9.17) is 5.73 Å². The maximum Gasteiger partial charge on any atom is 0.256 e. The number of anilines is 1. The maximum absolute atomic E-state index is 13.7. The van der Waals surface area contributed by atoms with Crippen LogP contribution in [-0.4, -0.2) is 44.8 Å². The molecular formula is C25H27N5O3. The number of primary amides is 1. The van der Waals surface area contributed by atoms with Gasteiger partial charge in [0.2, 0.25) is 5.91 Å². The Balaban J connectivity index is 1.57. The molecule has 0 spiro atoms. The third-order valence-corrected chi connectivity index (χ3v) is 6.75. The van der Waals surface area contributed by atoms with E-state index in [-0.39, 0.29) is 17.9 Å². The summed E-state index contributed by atoms with van der Waals surface area (Å²) in [6.45, 7) is 0.478. The molecule has 2 heterocycles. The average Bonchev–Trinajstić information content (AvgIpc) is 3.58. The Kier molecular flexibility index (Phi) is 5.58. The van der Waals surface area contributed by atoms with E-state index in [9.17, 15) is 14.4 Å². The predicted molar refractivity (Wildman–Crippen MR) is 125 cm³/mol. The van der Waals surface area contributed by atoms with Crippen LogP contribution in [-0.2, 0) is 4.79 Å². The molecule has 3 aromatic rings. The van der Waals surface area contributed by atoms with E-state index < -0.39 is 11.9 Å². The number of carbonyl (C=O) groups excluding carboxylic acids is 3. The van der Waals surface area contributed by atoms with Crippen molar-refractivity contribution in [2.75, 3.05) is 11.9 Å². The average molecular weight is 446 g/mol. The van der Waals surface area contributed by atoms with Crippen molar-refractivity contribution in [3.05, 3.63) is 59.9 Å². The van der Waals surface area contributed by atoms with Gasteiger partial charge in [0.1, 0.15) is 6.04 Å². The number of benzene rings is 2. The summed E-state index contributed by atoms with van der Waals surface area (Å²) in [5.41, 5.74) is 8.43. The molecule has 2 fully saturated rings. The summed E-state index contributed by atoms with van der Waals surface area (Å²) in [6, 6.07) is 12.1. The number of nitrogens with two attached hydrogens (primary N) is 1. The molecule has 1 atom stereocenters. The molecule has 8 heteroatoms. The Morgan fingerprint density at radius 3 is 2.48 bits per heavy atom. The number of imidazole rings is 1. The number of aromatic nitrogens is 2. The number of hydrogen-bond donors (Lipinski definition) is 2. The summed E-state index contributed by atoms with van der Waals surface area (Å²) >= 11 is 0. The van der Waals surface area contributed by atoms with Crippen LogP contribution in [0.1, 0.15) is 65.3 Å². The molecule has 1 aliphatic heterocycles. The lowest BCUT2D eigenvalue weighted by Crippen LogP contribution is -2.43. The fraction of sp³-hybridized carbons (Fsp3) is 0.360. The monoisotopic (exact) mass is 445 g/mol. The molecule has 8 nitrogen and oxygen atoms in total. The van der Waals surface area contributed by atoms with Crippen molar-refractivity contribution in [1.29, 1.82) is 0 Å². The topological polar surface area (TPSA) is 110 Å². The Morgan fingerprint density at radius 2 is 1.76 bits per heavy atom. The summed E-state index contributed by atoms with van der Waals surface area (Å²) in [6.07, 6.45) is 7.46. The molecule has 2 aliphatic rings. The fourth-order valence-electron chi connectivity index (χ4n) is 5.12. The standard InChI is InChI=1S/C25H27N5O3/c26-23(31)21-11-6-12-29(21)25(33)19-13-17(28-24(32)16-7-2-1-3-8-16)14-20-22(19)30(15-27-20)18-9-4-5-10-18/h1-3,7-8,13-15,18,21H,4-6,9-12H2,(H2,26,31)(H,28,32)/t21-/m0/s1. The van der Waals surface area contributed by atoms with Crippen LogP contribution in [0.3, 0.4) is 0 Å². The molecule has 1 saturated carbocycles. The van der Waals surface area contributed by atoms with Gasteiger partial charge in [-0.1, -0.05) is 31.0 Å². The maximum atomic E-state index is 13.7. The number of nitrogens with zero attached hydrogens (tertiary/aromatic N) is 3. The first-order valence-electron chi connectivity index (χ1n) is 11.5. The fourth-order valence-corrected chi connectivity index (χ4v) is 5.12. The van der Waals surface area contributed by atoms with Crippen molar-refractivity contribution in [2.45, 2.75) is 50.6 Å². The Morgan fingerprint density at radius 1 is 1.00 bits per heavy atom. The van der Waals surface area contributed by atoms with Gasteiger partial charge in [-0.2, -0.15) is 0 Å². The minimum Gasteiger partial charge on any atom is -0.368 e. The van der Waals surface area contributed by atoms with Gasteiger partial charge in [-0.15, -0.1) is 0 Å². The van der Waals surface area contributed by atoms with Crippen LogP contribution in [0.2, 0.25) is 0 Å². The molecule has 0 bridgehead atoms. The van der Waals surface area contributed by atoms with Crippen molar-refractivity contribution in [1.82, 2.24) is 14.5 Å². The normalized spacial score (nSPS) is 18.7. The lowest BCUT2D eigenvalue weighted by atomic mass is 10.1. The van der Waals surface area contributed by atoms with Crippen molar-refractivity contribution < 1.29 is 14.4 Å². The number of nitrogens with one attached hydrogen (secondary N) is 1. The smallest absolute Gasteiger partial charge is 0.256 e. The highest BCUT2D eigenvalue weighted by atomic mass is 16.2. The number of rotatable bonds is 5. The molecule has 1 aromatic heterocycles. The van der Waals surface area contributed by atoms with Crippen LogP contribution in [0.5, 0.6) is 0 Å². The largest absolute Gasteiger partial charge is 0.368 e. The van der Waals surface area contributed by atoms with Gasteiger partial charge in [0, 0.05) is 23.8 Å². The first-order valence-corrected chi connectivity index (χ1v) is 11.5. The van der Waals surface area contributed by atoms with Gasteiger partial charge in [0.05, 0.1) is 22.9 Å². The second kappa shape index (κ2) is 8.69. The molecule has 3 amide bonds. The summed E-state index contributed by atoms with van der Waals surface area (Å²) in [5.74, 6) is -1.01. The van der Waals surface area contributed by atoms with E-state index in [1.165, 1.54) is 0 Å². The van der Waals surface area contributed by atoms with E-state index >= 15 is 0 Å². The summed E-state index contributed by atoms with van der Waals surface area (Å²) in [5, 5.41) is 2.90. The zero-order chi connectivity index (χ0) is 22.9. The Hall–Kier alpha value is -3.68. The highest BCUT2D eigenvalue weighted by Crippen LogP contribution is 2.35. The Labute approximate surface area is 191 Å². The molecule has 33 heavy (non-hydrogen) atoms. The lowest BCUT2D eigenvalue weighted by molar-refractivity contribution is -0.121. The van der Waals surface area contributed by atoms with E-state index in [0.717, 1.165) is 37.6 Å². The molecule has 5 rings (SSSR count). The molecule has 0 radical (unpaired) electrons. The third kappa shape index (κ3) is 3.97. The number of likely N-dealkylation sites (tertiary alicyclic amines) is 1. The van der Waals surface area contributed by atoms with Crippen molar-refractivity contribution in [2.24, 2.45) is 5.73 Å². The Bertz CT molecular complexity index is 1210. The minimum atomic E-state index is -0.613. The summed E-state index contributed by atoms with van der Waals surface area (Å²) in [7, 11) is 0. The summed E-state index contributed by atoms with van der Waals surface area (Å²) in [4.78, 5) is 44.6. The quantitative estimate of drug-likeness (QED) is 0.626. The molecule has 170 valence electrons. The first-order chi connectivity index (χ1) is 16.0. The zero-order valence-corrected chi connectivity index (χ0v) is 18.4.